The molecule has 2 N–H and O–H groups in total. The smallest absolute Gasteiger partial charge is 0.381 e. The highest BCUT2D eigenvalue weighted by molar-refractivity contribution is 7.17. The molecule has 4 rings (SSSR count). The molecule has 32 heavy (non-hydrogen) atoms. The molecule has 1 fully saturated rings. The molecule has 12 nitrogen and oxygen atoms in total. The molecule has 0 saturated carbocycles. The molecule has 1 saturated heterocycles. The van der Waals surface area contributed by atoms with Crippen LogP contribution in [0.2, 0.25) is 0 Å². The first kappa shape index (κ1) is 21.6. The third-order valence-corrected chi connectivity index (χ3v) is 5.31. The van der Waals surface area contributed by atoms with Gasteiger partial charge in [0.2, 0.25) is 16.0 Å². The van der Waals surface area contributed by atoms with Gasteiger partial charge in [-0.05, 0) is 26.1 Å². The molecule has 0 aromatic carbocycles. The summed E-state index contributed by atoms with van der Waals surface area (Å²) >= 11 is 1.13. The van der Waals surface area contributed by atoms with Crippen molar-refractivity contribution in [3.8, 4) is 10.9 Å². The van der Waals surface area contributed by atoms with Crippen molar-refractivity contribution < 1.29 is 18.7 Å². The van der Waals surface area contributed by atoms with E-state index < -0.39 is 11.5 Å². The van der Waals surface area contributed by atoms with Gasteiger partial charge in [0.05, 0.1) is 18.9 Å². The number of aromatic nitrogens is 4. The van der Waals surface area contributed by atoms with Crippen LogP contribution >= 0.6 is 11.3 Å². The first-order chi connectivity index (χ1) is 15.5. The minimum atomic E-state index is -0.780. The molecule has 0 spiro atoms. The highest BCUT2D eigenvalue weighted by Crippen LogP contribution is 2.26. The van der Waals surface area contributed by atoms with Crippen molar-refractivity contribution in [2.45, 2.75) is 26.4 Å². The van der Waals surface area contributed by atoms with Gasteiger partial charge in [0.15, 0.2) is 5.76 Å². The Morgan fingerprint density at radius 1 is 1.47 bits per heavy atom. The van der Waals surface area contributed by atoms with Gasteiger partial charge in [0.1, 0.15) is 12.8 Å². The molecule has 3 aromatic rings. The van der Waals surface area contributed by atoms with E-state index >= 15 is 0 Å². The van der Waals surface area contributed by atoms with E-state index in [2.05, 4.69) is 30.9 Å². The first-order valence-electron chi connectivity index (χ1n) is 9.82. The van der Waals surface area contributed by atoms with E-state index in [4.69, 9.17) is 13.9 Å². The second kappa shape index (κ2) is 9.70. The van der Waals surface area contributed by atoms with E-state index in [0.29, 0.717) is 30.5 Å². The number of aliphatic imine (C=N–C) groups is 1. The monoisotopic (exact) mass is 459 g/mol. The summed E-state index contributed by atoms with van der Waals surface area (Å²) in [6.07, 6.45) is 3.65. The molecular weight excluding hydrogens is 438 g/mol. The standard InChI is InChI=1S/C19H21N7O5S/c1-3-20-10-21-13-8-14(31-17(28)15(13)30-12-5-7-29-9-12)16(27)23-18-24-25-19(32-18)26-11(2)4-6-22-26/h3-4,6,8,12,21H,5,7,9-10H2,1-2H3,(H,23,24,27)/b20-3-. The van der Waals surface area contributed by atoms with Crippen LogP contribution in [0.15, 0.2) is 32.5 Å². The lowest BCUT2D eigenvalue weighted by atomic mass is 10.3. The molecular formula is C19H21N7O5S. The fourth-order valence-electron chi connectivity index (χ4n) is 2.91. The van der Waals surface area contributed by atoms with Crippen LogP contribution in [0.4, 0.5) is 10.8 Å². The van der Waals surface area contributed by atoms with Gasteiger partial charge in [-0.1, -0.05) is 11.3 Å². The van der Waals surface area contributed by atoms with E-state index in [1.807, 2.05) is 13.0 Å². The summed E-state index contributed by atoms with van der Waals surface area (Å²) in [7, 11) is 0. The molecule has 0 bridgehead atoms. The van der Waals surface area contributed by atoms with Gasteiger partial charge in [-0.3, -0.25) is 15.1 Å². The number of amides is 1. The average molecular weight is 459 g/mol. The number of carbonyl (C=O) groups is 1. The quantitative estimate of drug-likeness (QED) is 0.482. The summed E-state index contributed by atoms with van der Waals surface area (Å²) in [6.45, 7) is 4.78. The maximum absolute atomic E-state index is 12.7. The highest BCUT2D eigenvalue weighted by atomic mass is 32.1. The van der Waals surface area contributed by atoms with Crippen LogP contribution in [-0.4, -0.2) is 58.1 Å². The van der Waals surface area contributed by atoms with E-state index in [9.17, 15) is 9.59 Å². The van der Waals surface area contributed by atoms with Crippen molar-refractivity contribution in [2.75, 3.05) is 30.5 Å². The Labute approximate surface area is 186 Å². The number of ether oxygens (including phenoxy) is 2. The van der Waals surface area contributed by atoms with Crippen LogP contribution in [0, 0.1) is 6.92 Å². The van der Waals surface area contributed by atoms with Crippen molar-refractivity contribution in [2.24, 2.45) is 4.99 Å². The Bertz CT molecular complexity index is 1180. The van der Waals surface area contributed by atoms with Crippen LogP contribution in [-0.2, 0) is 4.74 Å². The van der Waals surface area contributed by atoms with Gasteiger partial charge in [0, 0.05) is 24.4 Å². The van der Waals surface area contributed by atoms with E-state index in [1.54, 1.807) is 24.0 Å². The average Bonchev–Trinajstić information content (AvgIpc) is 3.53. The molecule has 168 valence electrons. The zero-order valence-electron chi connectivity index (χ0n) is 17.4. The predicted octanol–water partition coefficient (Wildman–Crippen LogP) is 1.87. The summed E-state index contributed by atoms with van der Waals surface area (Å²) in [6, 6.07) is 3.22. The molecule has 4 heterocycles. The van der Waals surface area contributed by atoms with Crippen molar-refractivity contribution in [3.63, 3.8) is 0 Å². The van der Waals surface area contributed by atoms with Crippen molar-refractivity contribution in [3.05, 3.63) is 40.2 Å². The topological polar surface area (TPSA) is 146 Å². The van der Waals surface area contributed by atoms with Gasteiger partial charge in [-0.25, -0.2) is 9.48 Å². The van der Waals surface area contributed by atoms with E-state index in [1.165, 1.54) is 6.07 Å². The highest BCUT2D eigenvalue weighted by Gasteiger charge is 2.24. The number of nitrogens with zero attached hydrogens (tertiary/aromatic N) is 5. The number of aryl methyl sites for hydroxylation is 1. The van der Waals surface area contributed by atoms with Crippen LogP contribution in [0.5, 0.6) is 5.75 Å². The normalized spacial score (nSPS) is 15.9. The van der Waals surface area contributed by atoms with Crippen molar-refractivity contribution in [1.82, 2.24) is 20.0 Å². The Balaban J connectivity index is 1.55. The SMILES string of the molecule is C/C=N\CNc1cc(C(=O)Nc2nnc(-n3nccc3C)s2)oc(=O)c1OC1CCOC1. The van der Waals surface area contributed by atoms with Crippen LogP contribution in [0.3, 0.4) is 0 Å². The molecule has 13 heteroatoms. The molecule has 1 aliphatic rings. The third-order valence-electron chi connectivity index (χ3n) is 4.50. The summed E-state index contributed by atoms with van der Waals surface area (Å²) in [5.74, 6) is -0.879. The minimum absolute atomic E-state index is 0.0179. The van der Waals surface area contributed by atoms with Gasteiger partial charge < -0.3 is 19.2 Å². The van der Waals surface area contributed by atoms with E-state index in [-0.39, 0.29) is 29.4 Å². The number of rotatable bonds is 8. The maximum Gasteiger partial charge on any atom is 0.381 e. The maximum atomic E-state index is 12.7. The number of hydrogen-bond donors (Lipinski definition) is 2. The third kappa shape index (κ3) is 4.84. The second-order valence-corrected chi connectivity index (χ2v) is 7.70. The molecule has 1 unspecified atom stereocenters. The zero-order valence-corrected chi connectivity index (χ0v) is 18.2. The van der Waals surface area contributed by atoms with Crippen molar-refractivity contribution >= 4 is 34.3 Å². The summed E-state index contributed by atoms with van der Waals surface area (Å²) in [5.41, 5.74) is 0.394. The van der Waals surface area contributed by atoms with Gasteiger partial charge in [-0.2, -0.15) is 5.10 Å². The molecule has 0 aliphatic carbocycles. The molecule has 3 aromatic heterocycles. The predicted molar refractivity (Wildman–Crippen MR) is 117 cm³/mol. The number of hydrogen-bond acceptors (Lipinski definition) is 11. The lowest BCUT2D eigenvalue weighted by Crippen LogP contribution is -2.23. The van der Waals surface area contributed by atoms with Crippen molar-refractivity contribution in [1.29, 1.82) is 0 Å². The Kier molecular flexibility index (Phi) is 6.56. The fraction of sp³-hybridized carbons (Fsp3) is 0.368. The lowest BCUT2D eigenvalue weighted by molar-refractivity contribution is 0.0989. The molecule has 1 atom stereocenters. The largest absolute Gasteiger partial charge is 0.479 e. The van der Waals surface area contributed by atoms with Crippen LogP contribution in [0.1, 0.15) is 29.6 Å². The van der Waals surface area contributed by atoms with Crippen LogP contribution < -0.4 is 21.0 Å². The summed E-state index contributed by atoms with van der Waals surface area (Å²) in [4.78, 5) is 29.4. The number of carbonyl (C=O) groups excluding carboxylic acids is 1. The molecule has 1 aliphatic heterocycles. The fourth-order valence-corrected chi connectivity index (χ4v) is 3.67. The summed E-state index contributed by atoms with van der Waals surface area (Å²) < 4.78 is 17.9. The molecule has 0 radical (unpaired) electrons. The number of nitrogens with one attached hydrogen (secondary N) is 2. The van der Waals surface area contributed by atoms with Gasteiger partial charge in [-0.15, -0.1) is 10.2 Å². The number of anilines is 2. The Morgan fingerprint density at radius 2 is 2.34 bits per heavy atom. The minimum Gasteiger partial charge on any atom is -0.479 e. The first-order valence-corrected chi connectivity index (χ1v) is 10.6. The Hall–Kier alpha value is -3.58. The Morgan fingerprint density at radius 3 is 3.06 bits per heavy atom. The van der Waals surface area contributed by atoms with E-state index in [0.717, 1.165) is 17.0 Å². The summed E-state index contributed by atoms with van der Waals surface area (Å²) in [5, 5.41) is 18.4. The van der Waals surface area contributed by atoms with Crippen LogP contribution in [0.25, 0.3) is 5.13 Å². The van der Waals surface area contributed by atoms with Gasteiger partial charge in [0.25, 0.3) is 5.91 Å². The second-order valence-electron chi connectivity index (χ2n) is 6.75. The molecule has 1 amide bonds. The lowest BCUT2D eigenvalue weighted by Gasteiger charge is -2.15. The van der Waals surface area contributed by atoms with Gasteiger partial charge >= 0.3 is 5.63 Å². The zero-order chi connectivity index (χ0) is 22.5.